The molecule has 34 heavy (non-hydrogen) atoms. The summed E-state index contributed by atoms with van der Waals surface area (Å²) in [6.07, 6.45) is 3.71. The molecule has 6 heteroatoms. The van der Waals surface area contributed by atoms with Gasteiger partial charge in [-0.15, -0.1) is 0 Å². The summed E-state index contributed by atoms with van der Waals surface area (Å²) in [6, 6.07) is 22.7. The average Bonchev–Trinajstić information content (AvgIpc) is 3.08. The fourth-order valence-corrected chi connectivity index (χ4v) is 6.15. The number of nitrogens with zero attached hydrogens (tertiary/aromatic N) is 1. The van der Waals surface area contributed by atoms with E-state index < -0.39 is 0 Å². The lowest BCUT2D eigenvalue weighted by Crippen LogP contribution is -2.48. The Balaban J connectivity index is 1.36. The molecule has 2 saturated heterocycles. The predicted octanol–water partition coefficient (Wildman–Crippen LogP) is 6.78. The van der Waals surface area contributed by atoms with Crippen LogP contribution in [0.5, 0.6) is 0 Å². The Labute approximate surface area is 209 Å². The Morgan fingerprint density at radius 3 is 1.94 bits per heavy atom. The van der Waals surface area contributed by atoms with E-state index in [2.05, 4.69) is 22.3 Å². The van der Waals surface area contributed by atoms with Crippen molar-refractivity contribution in [1.29, 1.82) is 0 Å². The molecule has 3 nitrogen and oxygen atoms in total. The number of carbonyl (C=O) groups is 1. The zero-order valence-electron chi connectivity index (χ0n) is 18.8. The van der Waals surface area contributed by atoms with Crippen LogP contribution in [0, 0.1) is 11.7 Å². The minimum Gasteiger partial charge on any atom is -0.352 e. The van der Waals surface area contributed by atoms with Crippen LogP contribution in [-0.4, -0.2) is 22.9 Å². The summed E-state index contributed by atoms with van der Waals surface area (Å²) >= 11 is 13.4. The molecule has 1 N–H and O–H groups in total. The zero-order valence-corrected chi connectivity index (χ0v) is 20.3. The van der Waals surface area contributed by atoms with Crippen molar-refractivity contribution in [3.05, 3.63) is 105 Å². The first-order chi connectivity index (χ1) is 16.5. The molecule has 3 aromatic rings. The maximum Gasteiger partial charge on any atom is 0.223 e. The van der Waals surface area contributed by atoms with Crippen molar-refractivity contribution in [2.75, 3.05) is 0 Å². The standard InChI is InChI=1S/C28H27Cl2FN2O/c29-25-7-3-1-5-23(25)27(24-6-2-4-8-26(24)30)33-21-13-14-22(33)16-19(15-21)28(34)32-17-18-9-11-20(31)12-10-18/h1-12,19,21-22,27H,13-17H2,(H,32,34). The van der Waals surface area contributed by atoms with Gasteiger partial charge in [-0.05, 0) is 66.6 Å². The van der Waals surface area contributed by atoms with Gasteiger partial charge in [0.25, 0.3) is 0 Å². The van der Waals surface area contributed by atoms with Crippen LogP contribution < -0.4 is 5.32 Å². The summed E-state index contributed by atoms with van der Waals surface area (Å²) in [5.41, 5.74) is 2.99. The molecule has 2 aliphatic heterocycles. The number of piperidine rings is 1. The van der Waals surface area contributed by atoms with Crippen molar-refractivity contribution in [1.82, 2.24) is 10.2 Å². The van der Waals surface area contributed by atoms with E-state index in [4.69, 9.17) is 23.2 Å². The first-order valence-electron chi connectivity index (χ1n) is 11.8. The molecule has 0 saturated carbocycles. The number of rotatable bonds is 6. The number of nitrogens with one attached hydrogen (secondary N) is 1. The maximum absolute atomic E-state index is 13.2. The third-order valence-corrected chi connectivity index (χ3v) is 7.93. The Hall–Kier alpha value is -2.40. The molecule has 0 aromatic heterocycles. The first-order valence-corrected chi connectivity index (χ1v) is 12.6. The molecule has 2 fully saturated rings. The third kappa shape index (κ3) is 4.72. The van der Waals surface area contributed by atoms with Crippen molar-refractivity contribution >= 4 is 29.1 Å². The fourth-order valence-electron chi connectivity index (χ4n) is 5.67. The van der Waals surface area contributed by atoms with E-state index in [1.54, 1.807) is 12.1 Å². The van der Waals surface area contributed by atoms with Gasteiger partial charge < -0.3 is 5.32 Å². The molecular weight excluding hydrogens is 470 g/mol. The van der Waals surface area contributed by atoms with Gasteiger partial charge in [0.15, 0.2) is 0 Å². The second-order valence-electron chi connectivity index (χ2n) is 9.29. The summed E-state index contributed by atoms with van der Waals surface area (Å²) in [5.74, 6) is -0.231. The van der Waals surface area contributed by atoms with E-state index in [1.165, 1.54) is 12.1 Å². The van der Waals surface area contributed by atoms with Gasteiger partial charge in [0.05, 0.1) is 6.04 Å². The summed E-state index contributed by atoms with van der Waals surface area (Å²) < 4.78 is 13.2. The first kappa shape index (κ1) is 23.3. The molecule has 2 bridgehead atoms. The Kier molecular flexibility index (Phi) is 6.91. The van der Waals surface area contributed by atoms with Crippen LogP contribution in [0.25, 0.3) is 0 Å². The number of fused-ring (bicyclic) bond motifs is 2. The van der Waals surface area contributed by atoms with Gasteiger partial charge in [0.1, 0.15) is 5.82 Å². The van der Waals surface area contributed by atoms with Gasteiger partial charge in [-0.25, -0.2) is 4.39 Å². The second-order valence-corrected chi connectivity index (χ2v) is 10.1. The Morgan fingerprint density at radius 1 is 0.882 bits per heavy atom. The number of hydrogen-bond acceptors (Lipinski definition) is 2. The van der Waals surface area contributed by atoms with Crippen LogP contribution in [0.3, 0.4) is 0 Å². The number of carbonyl (C=O) groups excluding carboxylic acids is 1. The van der Waals surface area contributed by atoms with Crippen molar-refractivity contribution in [2.24, 2.45) is 5.92 Å². The molecule has 5 rings (SSSR count). The van der Waals surface area contributed by atoms with Crippen LogP contribution in [-0.2, 0) is 11.3 Å². The van der Waals surface area contributed by atoms with Gasteiger partial charge in [-0.1, -0.05) is 71.7 Å². The highest BCUT2D eigenvalue weighted by Gasteiger charge is 2.47. The van der Waals surface area contributed by atoms with E-state index >= 15 is 0 Å². The highest BCUT2D eigenvalue weighted by atomic mass is 35.5. The van der Waals surface area contributed by atoms with Crippen LogP contribution >= 0.6 is 23.2 Å². The van der Waals surface area contributed by atoms with E-state index in [0.717, 1.165) is 52.4 Å². The minimum atomic E-state index is -0.273. The molecule has 2 aliphatic rings. The molecular formula is C28H27Cl2FN2O. The molecule has 3 aromatic carbocycles. The van der Waals surface area contributed by atoms with Crippen molar-refractivity contribution in [3.63, 3.8) is 0 Å². The summed E-state index contributed by atoms with van der Waals surface area (Å²) in [5, 5.41) is 4.52. The molecule has 2 atom stereocenters. The smallest absolute Gasteiger partial charge is 0.223 e. The third-order valence-electron chi connectivity index (χ3n) is 7.24. The molecule has 2 unspecified atom stereocenters. The van der Waals surface area contributed by atoms with Crippen LogP contribution in [0.4, 0.5) is 4.39 Å². The number of halogens is 3. The van der Waals surface area contributed by atoms with Gasteiger partial charge in [0, 0.05) is 34.6 Å². The summed E-state index contributed by atoms with van der Waals surface area (Å²) in [6.45, 7) is 0.413. The SMILES string of the molecule is O=C(NCc1ccc(F)cc1)C1CC2CCC(C1)N2C(c1ccccc1Cl)c1ccccc1Cl. The van der Waals surface area contributed by atoms with Crippen LogP contribution in [0.1, 0.15) is 48.4 Å². The monoisotopic (exact) mass is 496 g/mol. The lowest BCUT2D eigenvalue weighted by Gasteiger charge is -2.44. The van der Waals surface area contributed by atoms with Crippen molar-refractivity contribution in [3.8, 4) is 0 Å². The van der Waals surface area contributed by atoms with E-state index in [0.29, 0.717) is 6.54 Å². The fraction of sp³-hybridized carbons (Fsp3) is 0.321. The highest BCUT2D eigenvalue weighted by Crippen LogP contribution is 2.48. The van der Waals surface area contributed by atoms with E-state index in [-0.39, 0.29) is 35.8 Å². The minimum absolute atomic E-state index is 0.0349. The van der Waals surface area contributed by atoms with Gasteiger partial charge >= 0.3 is 0 Å². The molecule has 0 spiro atoms. The van der Waals surface area contributed by atoms with Gasteiger partial charge in [-0.2, -0.15) is 0 Å². The second kappa shape index (κ2) is 10.1. The Morgan fingerprint density at radius 2 is 1.41 bits per heavy atom. The summed E-state index contributed by atoms with van der Waals surface area (Å²) in [7, 11) is 0. The number of hydrogen-bond donors (Lipinski definition) is 1. The van der Waals surface area contributed by atoms with Crippen LogP contribution in [0.15, 0.2) is 72.8 Å². The molecule has 1 amide bonds. The number of amides is 1. The molecule has 0 aliphatic carbocycles. The topological polar surface area (TPSA) is 32.3 Å². The quantitative estimate of drug-likeness (QED) is 0.407. The Bertz CT molecular complexity index is 1110. The molecule has 0 radical (unpaired) electrons. The van der Waals surface area contributed by atoms with Crippen LogP contribution in [0.2, 0.25) is 10.0 Å². The van der Waals surface area contributed by atoms with Crippen molar-refractivity contribution in [2.45, 2.75) is 50.4 Å². The summed E-state index contributed by atoms with van der Waals surface area (Å²) in [4.78, 5) is 15.6. The van der Waals surface area contributed by atoms with Gasteiger partial charge in [-0.3, -0.25) is 9.69 Å². The van der Waals surface area contributed by atoms with E-state index in [1.807, 2.05) is 36.4 Å². The normalized spacial score (nSPS) is 22.2. The predicted molar refractivity (Wildman–Crippen MR) is 134 cm³/mol. The molecule has 2 heterocycles. The lowest BCUT2D eigenvalue weighted by molar-refractivity contribution is -0.127. The lowest BCUT2D eigenvalue weighted by atomic mass is 9.86. The highest BCUT2D eigenvalue weighted by molar-refractivity contribution is 6.32. The van der Waals surface area contributed by atoms with Crippen molar-refractivity contribution < 1.29 is 9.18 Å². The molecule has 176 valence electrons. The average molecular weight is 497 g/mol. The maximum atomic E-state index is 13.2. The van der Waals surface area contributed by atoms with E-state index in [9.17, 15) is 9.18 Å². The largest absolute Gasteiger partial charge is 0.352 e. The van der Waals surface area contributed by atoms with Gasteiger partial charge in [0.2, 0.25) is 5.91 Å². The number of benzene rings is 3. The zero-order chi connectivity index (χ0) is 23.7.